The summed E-state index contributed by atoms with van der Waals surface area (Å²) in [6, 6.07) is 14.5. The fourth-order valence-electron chi connectivity index (χ4n) is 4.04. The molecular weight excluding hydrogens is 470 g/mol. The van der Waals surface area contributed by atoms with E-state index >= 15 is 0 Å². The van der Waals surface area contributed by atoms with Gasteiger partial charge in [0.05, 0.1) is 12.6 Å². The number of amides is 2. The van der Waals surface area contributed by atoms with E-state index in [2.05, 4.69) is 27.8 Å². The molecule has 2 atom stereocenters. The summed E-state index contributed by atoms with van der Waals surface area (Å²) < 4.78 is 10.4. The first-order valence-electron chi connectivity index (χ1n) is 11.0. The van der Waals surface area contributed by atoms with Crippen LogP contribution in [0.1, 0.15) is 45.5 Å². The number of methoxy groups -OCH3 is 1. The van der Waals surface area contributed by atoms with Gasteiger partial charge < -0.3 is 25.2 Å². The molecule has 3 aromatic rings. The molecule has 10 heteroatoms. The predicted octanol–water partition coefficient (Wildman–Crippen LogP) is 3.57. The van der Waals surface area contributed by atoms with E-state index in [9.17, 15) is 14.4 Å². The quantitative estimate of drug-likeness (QED) is 0.414. The molecular formula is C25H25N3O6S. The maximum Gasteiger partial charge on any atom is 0.407 e. The minimum atomic E-state index is -1.21. The Morgan fingerprint density at radius 2 is 1.69 bits per heavy atom. The van der Waals surface area contributed by atoms with Gasteiger partial charge in [-0.3, -0.25) is 4.79 Å². The molecule has 182 valence electrons. The predicted molar refractivity (Wildman–Crippen MR) is 129 cm³/mol. The van der Waals surface area contributed by atoms with E-state index < -0.39 is 30.1 Å². The molecule has 0 aliphatic heterocycles. The van der Waals surface area contributed by atoms with Crippen LogP contribution in [0.25, 0.3) is 11.1 Å². The van der Waals surface area contributed by atoms with Gasteiger partial charge in [-0.25, -0.2) is 14.6 Å². The zero-order chi connectivity index (χ0) is 24.9. The normalized spacial score (nSPS) is 13.9. The number of aliphatic carboxylic acids is 1. The van der Waals surface area contributed by atoms with Gasteiger partial charge in [-0.15, -0.1) is 11.3 Å². The fraction of sp³-hybridized carbons (Fsp3) is 0.280. The minimum absolute atomic E-state index is 0.0482. The van der Waals surface area contributed by atoms with Crippen LogP contribution in [-0.2, 0) is 14.3 Å². The van der Waals surface area contributed by atoms with Crippen molar-refractivity contribution in [1.29, 1.82) is 0 Å². The molecule has 4 rings (SSSR count). The Bertz CT molecular complexity index is 1200. The van der Waals surface area contributed by atoms with E-state index in [0.717, 1.165) is 22.3 Å². The van der Waals surface area contributed by atoms with Crippen molar-refractivity contribution in [2.75, 3.05) is 20.3 Å². The van der Waals surface area contributed by atoms with Gasteiger partial charge in [-0.2, -0.15) is 0 Å². The van der Waals surface area contributed by atoms with E-state index in [1.807, 2.05) is 36.4 Å². The van der Waals surface area contributed by atoms with Gasteiger partial charge in [0, 0.05) is 18.4 Å². The van der Waals surface area contributed by atoms with Gasteiger partial charge in [0.25, 0.3) is 5.91 Å². The van der Waals surface area contributed by atoms with Crippen LogP contribution in [0, 0.1) is 0 Å². The number of carboxylic acid groups (broad SMARTS) is 1. The largest absolute Gasteiger partial charge is 0.480 e. The number of nitrogens with one attached hydrogen (secondary N) is 2. The van der Waals surface area contributed by atoms with E-state index in [-0.39, 0.29) is 24.8 Å². The summed E-state index contributed by atoms with van der Waals surface area (Å²) in [7, 11) is 1.35. The Morgan fingerprint density at radius 1 is 1.06 bits per heavy atom. The summed E-state index contributed by atoms with van der Waals surface area (Å²) in [5, 5.41) is 16.3. The number of fused-ring (bicyclic) bond motifs is 3. The molecule has 2 unspecified atom stereocenters. The summed E-state index contributed by atoms with van der Waals surface area (Å²) in [5.41, 5.74) is 4.61. The number of carbonyl (C=O) groups is 3. The lowest BCUT2D eigenvalue weighted by atomic mass is 9.98. The van der Waals surface area contributed by atoms with E-state index in [1.54, 1.807) is 6.92 Å². The van der Waals surface area contributed by atoms with Crippen molar-refractivity contribution in [3.63, 3.8) is 0 Å². The first-order chi connectivity index (χ1) is 16.9. The molecule has 1 aliphatic rings. The molecule has 2 aromatic carbocycles. The number of rotatable bonds is 9. The van der Waals surface area contributed by atoms with Crippen molar-refractivity contribution in [3.8, 4) is 11.1 Å². The highest BCUT2D eigenvalue weighted by Gasteiger charge is 2.29. The number of benzene rings is 2. The molecule has 3 N–H and O–H groups in total. The standard InChI is InChI=1S/C25H25N3O6S/c1-14(23-28-21(13-35-23)22(29)27-20(12-33-2)24(30)31)26-25(32)34-11-19-17-9-5-3-7-15(17)16-8-4-6-10-18(16)19/h3-10,13-14,19-20H,11-12H2,1-2H3,(H,26,32)(H,27,29)(H,30,31). The summed E-state index contributed by atoms with van der Waals surface area (Å²) in [4.78, 5) is 40.3. The molecule has 9 nitrogen and oxygen atoms in total. The second-order valence-corrected chi connectivity index (χ2v) is 8.97. The molecule has 1 aliphatic carbocycles. The van der Waals surface area contributed by atoms with Gasteiger partial charge in [0.1, 0.15) is 17.3 Å². The molecule has 0 saturated carbocycles. The smallest absolute Gasteiger partial charge is 0.407 e. The number of carboxylic acids is 1. The Morgan fingerprint density at radius 3 is 2.29 bits per heavy atom. The summed E-state index contributed by atoms with van der Waals surface area (Å²) in [6.45, 7) is 1.75. The second-order valence-electron chi connectivity index (χ2n) is 8.08. The Hall–Kier alpha value is -3.76. The highest BCUT2D eigenvalue weighted by atomic mass is 32.1. The maximum absolute atomic E-state index is 12.5. The number of thiazole rings is 1. The van der Waals surface area contributed by atoms with Crippen LogP contribution in [0.3, 0.4) is 0 Å². The Balaban J connectivity index is 1.35. The highest BCUT2D eigenvalue weighted by molar-refractivity contribution is 7.09. The molecule has 0 fully saturated rings. The first-order valence-corrected chi connectivity index (χ1v) is 11.9. The van der Waals surface area contributed by atoms with E-state index in [4.69, 9.17) is 14.6 Å². The number of carbonyl (C=O) groups excluding carboxylic acids is 2. The summed E-state index contributed by atoms with van der Waals surface area (Å²) in [5.74, 6) is -1.89. The number of hydrogen-bond acceptors (Lipinski definition) is 7. The maximum atomic E-state index is 12.5. The molecule has 0 radical (unpaired) electrons. The number of ether oxygens (including phenoxy) is 2. The van der Waals surface area contributed by atoms with Crippen LogP contribution in [0.4, 0.5) is 4.79 Å². The molecule has 1 aromatic heterocycles. The number of hydrogen-bond donors (Lipinski definition) is 3. The zero-order valence-electron chi connectivity index (χ0n) is 19.2. The van der Waals surface area contributed by atoms with E-state index in [0.29, 0.717) is 5.01 Å². The summed E-state index contributed by atoms with van der Waals surface area (Å²) in [6.07, 6.45) is -0.591. The van der Waals surface area contributed by atoms with Crippen LogP contribution in [0.5, 0.6) is 0 Å². The fourth-order valence-corrected chi connectivity index (χ4v) is 4.85. The third-order valence-corrected chi connectivity index (χ3v) is 6.77. The molecule has 0 spiro atoms. The van der Waals surface area contributed by atoms with Gasteiger partial charge in [0.2, 0.25) is 0 Å². The second kappa shape index (κ2) is 10.7. The lowest BCUT2D eigenvalue weighted by Gasteiger charge is -2.16. The minimum Gasteiger partial charge on any atom is -0.480 e. The van der Waals surface area contributed by atoms with Gasteiger partial charge in [-0.1, -0.05) is 48.5 Å². The number of alkyl carbamates (subject to hydrolysis) is 1. The number of aromatic nitrogens is 1. The molecule has 35 heavy (non-hydrogen) atoms. The average Bonchev–Trinajstić information content (AvgIpc) is 3.46. The zero-order valence-corrected chi connectivity index (χ0v) is 20.0. The molecule has 0 saturated heterocycles. The van der Waals surface area contributed by atoms with Crippen molar-refractivity contribution in [3.05, 3.63) is 75.7 Å². The van der Waals surface area contributed by atoms with Crippen LogP contribution in [-0.4, -0.2) is 54.4 Å². The first kappa shape index (κ1) is 24.4. The Kier molecular flexibility index (Phi) is 7.42. The Labute approximate surface area is 206 Å². The van der Waals surface area contributed by atoms with Gasteiger partial charge >= 0.3 is 12.1 Å². The average molecular weight is 496 g/mol. The van der Waals surface area contributed by atoms with Crippen molar-refractivity contribution in [2.24, 2.45) is 0 Å². The highest BCUT2D eigenvalue weighted by Crippen LogP contribution is 2.44. The van der Waals surface area contributed by atoms with Crippen molar-refractivity contribution in [2.45, 2.75) is 24.9 Å². The van der Waals surface area contributed by atoms with Crippen LogP contribution < -0.4 is 10.6 Å². The van der Waals surface area contributed by atoms with Gasteiger partial charge in [0.15, 0.2) is 6.04 Å². The molecule has 0 bridgehead atoms. The lowest BCUT2D eigenvalue weighted by Crippen LogP contribution is -2.43. The molecule has 1 heterocycles. The SMILES string of the molecule is COCC(NC(=O)c1csc(C(C)NC(=O)OCC2c3ccccc3-c3ccccc32)n1)C(=O)O. The lowest BCUT2D eigenvalue weighted by molar-refractivity contribution is -0.140. The molecule has 2 amide bonds. The third-order valence-electron chi connectivity index (χ3n) is 5.74. The van der Waals surface area contributed by atoms with Crippen molar-refractivity contribution < 1.29 is 29.0 Å². The van der Waals surface area contributed by atoms with E-state index in [1.165, 1.54) is 23.8 Å². The van der Waals surface area contributed by atoms with Crippen LogP contribution in [0.15, 0.2) is 53.9 Å². The topological polar surface area (TPSA) is 127 Å². The number of nitrogens with zero attached hydrogens (tertiary/aromatic N) is 1. The van der Waals surface area contributed by atoms with Crippen molar-refractivity contribution in [1.82, 2.24) is 15.6 Å². The van der Waals surface area contributed by atoms with Crippen LogP contribution in [0.2, 0.25) is 0 Å². The van der Waals surface area contributed by atoms with Gasteiger partial charge in [-0.05, 0) is 29.2 Å². The van der Waals surface area contributed by atoms with Crippen LogP contribution >= 0.6 is 11.3 Å². The third kappa shape index (κ3) is 5.33. The van der Waals surface area contributed by atoms with Crippen molar-refractivity contribution >= 4 is 29.3 Å². The summed E-state index contributed by atoms with van der Waals surface area (Å²) >= 11 is 1.18. The monoisotopic (exact) mass is 495 g/mol.